The van der Waals surface area contributed by atoms with Gasteiger partial charge in [-0.3, -0.25) is 4.79 Å². The summed E-state index contributed by atoms with van der Waals surface area (Å²) >= 11 is 12.2. The summed E-state index contributed by atoms with van der Waals surface area (Å²) in [5.74, 6) is 0.940. The normalized spacial score (nSPS) is 11.7. The van der Waals surface area contributed by atoms with E-state index in [1.807, 2.05) is 0 Å². The molecule has 0 amide bonds. The van der Waals surface area contributed by atoms with E-state index < -0.39 is 5.24 Å². The highest BCUT2D eigenvalue weighted by molar-refractivity contribution is 8.04. The first-order valence-electron chi connectivity index (χ1n) is 3.36. The Hall–Kier alpha value is 0.340. The number of thioether (sulfide) groups is 1. The van der Waals surface area contributed by atoms with Crippen LogP contribution in [0.1, 0.15) is 19.8 Å². The van der Waals surface area contributed by atoms with Gasteiger partial charge in [0.25, 0.3) is 0 Å². The van der Waals surface area contributed by atoms with E-state index in [0.717, 1.165) is 18.6 Å². The summed E-state index contributed by atoms with van der Waals surface area (Å²) in [7, 11) is 0. The minimum Gasteiger partial charge on any atom is -0.276 e. The maximum Gasteiger partial charge on any atom is 0.247 e. The number of rotatable bonds is 5. The highest BCUT2D eigenvalue weighted by Gasteiger charge is 1.95. The molecule has 0 aliphatic carbocycles. The Labute approximate surface area is 81.1 Å². The first-order valence-corrected chi connectivity index (χ1v) is 5.10. The molecule has 0 aliphatic rings. The van der Waals surface area contributed by atoms with Gasteiger partial charge in [-0.05, 0) is 23.8 Å². The molecule has 1 nitrogen and oxygen atoms in total. The zero-order valence-corrected chi connectivity index (χ0v) is 8.60. The summed E-state index contributed by atoms with van der Waals surface area (Å²) in [6.07, 6.45) is 3.46. The molecular formula is C7H10Cl2OS. The van der Waals surface area contributed by atoms with E-state index in [1.54, 1.807) is 0 Å². The summed E-state index contributed by atoms with van der Waals surface area (Å²) in [4.78, 5) is 10.3. The number of unbranched alkanes of at least 4 members (excludes halogenated alkanes) is 1. The van der Waals surface area contributed by atoms with E-state index >= 15 is 0 Å². The zero-order chi connectivity index (χ0) is 8.69. The highest BCUT2D eigenvalue weighted by Crippen LogP contribution is 2.21. The predicted octanol–water partition coefficient (Wildman–Crippen LogP) is 3.37. The van der Waals surface area contributed by atoms with Crippen LogP contribution in [-0.2, 0) is 4.79 Å². The molecule has 0 heterocycles. The van der Waals surface area contributed by atoms with Crippen LogP contribution in [0.25, 0.3) is 0 Å². The van der Waals surface area contributed by atoms with Gasteiger partial charge in [-0.2, -0.15) is 0 Å². The molecule has 0 fully saturated rings. The van der Waals surface area contributed by atoms with E-state index in [4.69, 9.17) is 23.2 Å². The summed E-state index contributed by atoms with van der Waals surface area (Å²) < 4.78 is 0.471. The highest BCUT2D eigenvalue weighted by atomic mass is 35.5. The predicted molar refractivity (Wildman–Crippen MR) is 52.2 cm³/mol. The molecule has 0 aromatic rings. The van der Waals surface area contributed by atoms with Crippen molar-refractivity contribution in [2.24, 2.45) is 0 Å². The fourth-order valence-corrected chi connectivity index (χ4v) is 1.82. The first kappa shape index (κ1) is 11.3. The SMILES string of the molecule is CCCCS/C(Cl)=C\C(=O)Cl. The van der Waals surface area contributed by atoms with Gasteiger partial charge < -0.3 is 0 Å². The standard InChI is InChI=1S/C7H10Cl2OS/c1-2-3-4-11-7(9)5-6(8)10/h5H,2-4H2,1H3/b7-5-. The second-order valence-corrected chi connectivity index (χ2v) is 4.10. The van der Waals surface area contributed by atoms with Crippen molar-refractivity contribution in [2.45, 2.75) is 19.8 Å². The van der Waals surface area contributed by atoms with Crippen LogP contribution in [0.3, 0.4) is 0 Å². The van der Waals surface area contributed by atoms with Crippen LogP contribution >= 0.6 is 35.0 Å². The topological polar surface area (TPSA) is 17.1 Å². The minimum absolute atomic E-state index is 0.471. The maximum absolute atomic E-state index is 10.3. The van der Waals surface area contributed by atoms with E-state index in [0.29, 0.717) is 4.36 Å². The molecule has 0 aromatic carbocycles. The molecule has 0 N–H and O–H groups in total. The van der Waals surface area contributed by atoms with E-state index in [9.17, 15) is 4.79 Å². The quantitative estimate of drug-likeness (QED) is 0.395. The van der Waals surface area contributed by atoms with Crippen molar-refractivity contribution in [1.82, 2.24) is 0 Å². The van der Waals surface area contributed by atoms with Gasteiger partial charge in [-0.15, -0.1) is 11.8 Å². The van der Waals surface area contributed by atoms with Gasteiger partial charge in [0, 0.05) is 6.08 Å². The van der Waals surface area contributed by atoms with Crippen LogP contribution in [0.2, 0.25) is 0 Å². The molecular weight excluding hydrogens is 203 g/mol. The van der Waals surface area contributed by atoms with Crippen molar-refractivity contribution in [2.75, 3.05) is 5.75 Å². The van der Waals surface area contributed by atoms with Gasteiger partial charge in [0.2, 0.25) is 5.24 Å². The smallest absolute Gasteiger partial charge is 0.247 e. The maximum atomic E-state index is 10.3. The molecule has 0 bridgehead atoms. The lowest BCUT2D eigenvalue weighted by Gasteiger charge is -1.95. The molecule has 4 heteroatoms. The van der Waals surface area contributed by atoms with Gasteiger partial charge in [-0.1, -0.05) is 24.9 Å². The van der Waals surface area contributed by atoms with Crippen molar-refractivity contribution < 1.29 is 4.79 Å². The fraction of sp³-hybridized carbons (Fsp3) is 0.571. The lowest BCUT2D eigenvalue weighted by Crippen LogP contribution is -1.80. The van der Waals surface area contributed by atoms with Gasteiger partial charge in [-0.25, -0.2) is 0 Å². The second kappa shape index (κ2) is 7.01. The Balaban J connectivity index is 3.51. The Bertz CT molecular complexity index is 157. The number of carbonyl (C=O) groups excluding carboxylic acids is 1. The third-order valence-electron chi connectivity index (χ3n) is 0.965. The number of allylic oxidation sites excluding steroid dienone is 1. The van der Waals surface area contributed by atoms with Crippen molar-refractivity contribution >= 4 is 40.2 Å². The van der Waals surface area contributed by atoms with Crippen LogP contribution in [-0.4, -0.2) is 11.0 Å². The molecule has 11 heavy (non-hydrogen) atoms. The monoisotopic (exact) mass is 212 g/mol. The van der Waals surface area contributed by atoms with Gasteiger partial charge in [0.1, 0.15) is 0 Å². The molecule has 0 rings (SSSR count). The van der Waals surface area contributed by atoms with E-state index in [-0.39, 0.29) is 0 Å². The number of hydrogen-bond acceptors (Lipinski definition) is 2. The van der Waals surface area contributed by atoms with Crippen molar-refractivity contribution in [1.29, 1.82) is 0 Å². The van der Waals surface area contributed by atoms with Crippen LogP contribution in [0.4, 0.5) is 0 Å². The second-order valence-electron chi connectivity index (χ2n) is 1.95. The van der Waals surface area contributed by atoms with Crippen molar-refractivity contribution in [3.63, 3.8) is 0 Å². The van der Waals surface area contributed by atoms with Crippen LogP contribution in [0.5, 0.6) is 0 Å². The molecule has 0 saturated carbocycles. The lowest BCUT2D eigenvalue weighted by atomic mass is 10.4. The molecule has 0 aromatic heterocycles. The Morgan fingerprint density at radius 3 is 2.64 bits per heavy atom. The number of carbonyl (C=O) groups is 1. The Morgan fingerprint density at radius 1 is 1.55 bits per heavy atom. The van der Waals surface area contributed by atoms with E-state index in [2.05, 4.69) is 6.92 Å². The van der Waals surface area contributed by atoms with Gasteiger partial charge in [0.15, 0.2) is 0 Å². The van der Waals surface area contributed by atoms with Crippen molar-refractivity contribution in [3.8, 4) is 0 Å². The summed E-state index contributed by atoms with van der Waals surface area (Å²) in [5.41, 5.74) is 0. The van der Waals surface area contributed by atoms with Crippen LogP contribution in [0.15, 0.2) is 10.4 Å². The molecule has 0 radical (unpaired) electrons. The third-order valence-corrected chi connectivity index (χ3v) is 2.40. The molecule has 64 valence electrons. The average molecular weight is 213 g/mol. The Kier molecular flexibility index (Phi) is 7.23. The molecule has 0 spiro atoms. The number of halogens is 2. The average Bonchev–Trinajstić information content (AvgIpc) is 1.86. The van der Waals surface area contributed by atoms with Crippen LogP contribution < -0.4 is 0 Å². The first-order chi connectivity index (χ1) is 5.16. The van der Waals surface area contributed by atoms with Crippen LogP contribution in [0, 0.1) is 0 Å². The molecule has 0 aliphatic heterocycles. The lowest BCUT2D eigenvalue weighted by molar-refractivity contribution is -0.107. The largest absolute Gasteiger partial charge is 0.276 e. The molecule has 0 atom stereocenters. The Morgan fingerprint density at radius 2 is 2.18 bits per heavy atom. The number of hydrogen-bond donors (Lipinski definition) is 0. The minimum atomic E-state index is -0.515. The van der Waals surface area contributed by atoms with Gasteiger partial charge >= 0.3 is 0 Å². The zero-order valence-electron chi connectivity index (χ0n) is 6.27. The third kappa shape index (κ3) is 8.24. The summed E-state index contributed by atoms with van der Waals surface area (Å²) in [5, 5.41) is -0.515. The van der Waals surface area contributed by atoms with Crippen molar-refractivity contribution in [3.05, 3.63) is 10.4 Å². The molecule has 0 saturated heterocycles. The molecule has 0 unspecified atom stereocenters. The van der Waals surface area contributed by atoms with Gasteiger partial charge in [0.05, 0.1) is 4.36 Å². The summed E-state index contributed by atoms with van der Waals surface area (Å²) in [6.45, 7) is 2.10. The van der Waals surface area contributed by atoms with E-state index in [1.165, 1.54) is 17.8 Å². The summed E-state index contributed by atoms with van der Waals surface area (Å²) in [6, 6.07) is 0. The fourth-order valence-electron chi connectivity index (χ4n) is 0.445.